The maximum absolute atomic E-state index is 5.99. The molecule has 1 aromatic carbocycles. The van der Waals surface area contributed by atoms with Gasteiger partial charge >= 0.3 is 0 Å². The smallest absolute Gasteiger partial charge is 0.191 e. The quantitative estimate of drug-likeness (QED) is 0.353. The number of nitrogens with zero attached hydrogens (tertiary/aromatic N) is 2. The molecule has 3 unspecified atom stereocenters. The number of halogens is 1. The Kier molecular flexibility index (Phi) is 9.34. The van der Waals surface area contributed by atoms with Crippen LogP contribution in [0.3, 0.4) is 0 Å². The molecule has 28 heavy (non-hydrogen) atoms. The Morgan fingerprint density at radius 3 is 2.46 bits per heavy atom. The molecule has 0 amide bonds. The topological polar surface area (TPSA) is 48.9 Å². The SMILES string of the molecule is CCNC(=NCC(C)Oc1ccc(C)cc1)NC1CC2CCCC(C1)N2C.I. The van der Waals surface area contributed by atoms with E-state index in [0.29, 0.717) is 12.6 Å². The minimum absolute atomic E-state index is 0. The monoisotopic (exact) mass is 500 g/mol. The van der Waals surface area contributed by atoms with Gasteiger partial charge in [-0.15, -0.1) is 24.0 Å². The molecule has 2 saturated heterocycles. The molecule has 3 rings (SSSR count). The maximum atomic E-state index is 5.99. The zero-order valence-corrected chi connectivity index (χ0v) is 20.1. The maximum Gasteiger partial charge on any atom is 0.191 e. The Morgan fingerprint density at radius 2 is 1.86 bits per heavy atom. The summed E-state index contributed by atoms with van der Waals surface area (Å²) in [6.07, 6.45) is 6.52. The third kappa shape index (κ3) is 6.51. The number of ether oxygens (including phenoxy) is 1. The third-order valence-electron chi connectivity index (χ3n) is 5.89. The number of piperidine rings is 2. The van der Waals surface area contributed by atoms with E-state index < -0.39 is 0 Å². The molecule has 0 radical (unpaired) electrons. The molecule has 6 heteroatoms. The van der Waals surface area contributed by atoms with Crippen molar-refractivity contribution in [2.45, 2.75) is 77.1 Å². The Hall–Kier alpha value is -1.02. The first-order valence-electron chi connectivity index (χ1n) is 10.5. The van der Waals surface area contributed by atoms with Gasteiger partial charge in [-0.05, 0) is 65.6 Å². The molecule has 2 aliphatic rings. The highest BCUT2D eigenvalue weighted by atomic mass is 127. The molecule has 0 spiro atoms. The van der Waals surface area contributed by atoms with Crippen molar-refractivity contribution >= 4 is 29.9 Å². The van der Waals surface area contributed by atoms with E-state index in [1.165, 1.54) is 37.7 Å². The molecular weight excluding hydrogens is 463 g/mol. The van der Waals surface area contributed by atoms with E-state index in [4.69, 9.17) is 9.73 Å². The van der Waals surface area contributed by atoms with E-state index in [9.17, 15) is 0 Å². The fourth-order valence-corrected chi connectivity index (χ4v) is 4.35. The fourth-order valence-electron chi connectivity index (χ4n) is 4.35. The molecule has 2 bridgehead atoms. The van der Waals surface area contributed by atoms with Gasteiger partial charge < -0.3 is 20.3 Å². The average Bonchev–Trinajstić information content (AvgIpc) is 2.63. The summed E-state index contributed by atoms with van der Waals surface area (Å²) in [6, 6.07) is 10.2. The predicted molar refractivity (Wildman–Crippen MR) is 128 cm³/mol. The molecule has 0 saturated carbocycles. The lowest BCUT2D eigenvalue weighted by Crippen LogP contribution is -2.56. The van der Waals surface area contributed by atoms with Gasteiger partial charge in [-0.1, -0.05) is 24.1 Å². The van der Waals surface area contributed by atoms with Gasteiger partial charge in [-0.25, -0.2) is 4.99 Å². The standard InChI is InChI=1S/C22H36N4O.HI/c1-5-23-22(24-15-17(3)27-21-11-9-16(2)10-12-21)25-18-13-19-7-6-8-20(14-18)26(19)4;/h9-12,17-20H,5-8,13-15H2,1-4H3,(H2,23,24,25);1H. The van der Waals surface area contributed by atoms with Crippen molar-refractivity contribution in [3.8, 4) is 5.75 Å². The average molecular weight is 500 g/mol. The van der Waals surface area contributed by atoms with Crippen molar-refractivity contribution in [2.24, 2.45) is 4.99 Å². The summed E-state index contributed by atoms with van der Waals surface area (Å²) in [6.45, 7) is 7.80. The number of nitrogens with one attached hydrogen (secondary N) is 2. The van der Waals surface area contributed by atoms with Gasteiger partial charge in [0.25, 0.3) is 0 Å². The Bertz CT molecular complexity index is 607. The first kappa shape index (κ1) is 23.3. The molecule has 1 aromatic rings. The minimum atomic E-state index is 0. The number of aliphatic imine (C=N–C) groups is 1. The van der Waals surface area contributed by atoms with Crippen LogP contribution in [0.4, 0.5) is 0 Å². The summed E-state index contributed by atoms with van der Waals surface area (Å²) >= 11 is 0. The number of aryl methyl sites for hydroxylation is 1. The number of fused-ring (bicyclic) bond motifs is 2. The van der Waals surface area contributed by atoms with Crippen LogP contribution in [0.25, 0.3) is 0 Å². The Labute approximate surface area is 187 Å². The molecule has 2 N–H and O–H groups in total. The van der Waals surface area contributed by atoms with Crippen LogP contribution in [0.1, 0.15) is 51.5 Å². The van der Waals surface area contributed by atoms with Gasteiger partial charge in [0.05, 0.1) is 6.54 Å². The van der Waals surface area contributed by atoms with Crippen molar-refractivity contribution in [3.05, 3.63) is 29.8 Å². The van der Waals surface area contributed by atoms with Crippen LogP contribution in [-0.4, -0.2) is 55.2 Å². The number of rotatable bonds is 6. The van der Waals surface area contributed by atoms with Crippen LogP contribution in [0, 0.1) is 6.92 Å². The highest BCUT2D eigenvalue weighted by Crippen LogP contribution is 2.32. The molecule has 3 atom stereocenters. The highest BCUT2D eigenvalue weighted by Gasteiger charge is 2.36. The van der Waals surface area contributed by atoms with Crippen molar-refractivity contribution in [2.75, 3.05) is 20.1 Å². The Morgan fingerprint density at radius 1 is 1.21 bits per heavy atom. The van der Waals surface area contributed by atoms with Gasteiger partial charge in [-0.2, -0.15) is 0 Å². The van der Waals surface area contributed by atoms with Crippen LogP contribution >= 0.6 is 24.0 Å². The summed E-state index contributed by atoms with van der Waals surface area (Å²) < 4.78 is 5.99. The fraction of sp³-hybridized carbons (Fsp3) is 0.682. The van der Waals surface area contributed by atoms with Gasteiger partial charge in [-0.3, -0.25) is 0 Å². The Balaban J connectivity index is 0.00000280. The van der Waals surface area contributed by atoms with Gasteiger partial charge in [0.1, 0.15) is 11.9 Å². The zero-order chi connectivity index (χ0) is 19.2. The second-order valence-corrected chi connectivity index (χ2v) is 8.18. The third-order valence-corrected chi connectivity index (χ3v) is 5.89. The van der Waals surface area contributed by atoms with Crippen molar-refractivity contribution < 1.29 is 4.74 Å². The molecule has 0 aliphatic carbocycles. The van der Waals surface area contributed by atoms with Crippen molar-refractivity contribution in [1.82, 2.24) is 15.5 Å². The lowest BCUT2D eigenvalue weighted by atomic mass is 9.82. The van der Waals surface area contributed by atoms with Crippen LogP contribution in [0.2, 0.25) is 0 Å². The van der Waals surface area contributed by atoms with Crippen molar-refractivity contribution in [3.63, 3.8) is 0 Å². The largest absolute Gasteiger partial charge is 0.489 e. The van der Waals surface area contributed by atoms with Crippen LogP contribution in [-0.2, 0) is 0 Å². The van der Waals surface area contributed by atoms with Gasteiger partial charge in [0, 0.05) is 24.7 Å². The second kappa shape index (κ2) is 11.2. The molecule has 2 heterocycles. The highest BCUT2D eigenvalue weighted by molar-refractivity contribution is 14.0. The first-order valence-corrected chi connectivity index (χ1v) is 10.5. The molecule has 5 nitrogen and oxygen atoms in total. The van der Waals surface area contributed by atoms with E-state index >= 15 is 0 Å². The van der Waals surface area contributed by atoms with E-state index in [1.807, 2.05) is 12.1 Å². The summed E-state index contributed by atoms with van der Waals surface area (Å²) in [4.78, 5) is 7.39. The summed E-state index contributed by atoms with van der Waals surface area (Å²) in [5, 5.41) is 7.09. The molecule has 2 fully saturated rings. The minimum Gasteiger partial charge on any atom is -0.489 e. The summed E-state index contributed by atoms with van der Waals surface area (Å²) in [5.41, 5.74) is 1.24. The number of guanidine groups is 1. The lowest BCUT2D eigenvalue weighted by Gasteiger charge is -2.47. The van der Waals surface area contributed by atoms with Gasteiger partial charge in [0.15, 0.2) is 5.96 Å². The van der Waals surface area contributed by atoms with E-state index in [-0.39, 0.29) is 30.1 Å². The lowest BCUT2D eigenvalue weighted by molar-refractivity contribution is 0.0526. The number of benzene rings is 1. The summed E-state index contributed by atoms with van der Waals surface area (Å²) in [7, 11) is 2.30. The number of hydrogen-bond donors (Lipinski definition) is 2. The number of hydrogen-bond acceptors (Lipinski definition) is 3. The summed E-state index contributed by atoms with van der Waals surface area (Å²) in [5.74, 6) is 1.83. The zero-order valence-electron chi connectivity index (χ0n) is 17.8. The second-order valence-electron chi connectivity index (χ2n) is 8.18. The molecule has 158 valence electrons. The molecule has 0 aromatic heterocycles. The van der Waals surface area contributed by atoms with E-state index in [1.54, 1.807) is 0 Å². The molecule has 2 aliphatic heterocycles. The van der Waals surface area contributed by atoms with Crippen LogP contribution in [0.15, 0.2) is 29.3 Å². The van der Waals surface area contributed by atoms with Crippen LogP contribution < -0.4 is 15.4 Å². The normalized spacial score (nSPS) is 26.1. The van der Waals surface area contributed by atoms with Crippen LogP contribution in [0.5, 0.6) is 5.75 Å². The van der Waals surface area contributed by atoms with E-state index in [2.05, 4.69) is 55.5 Å². The van der Waals surface area contributed by atoms with Crippen molar-refractivity contribution in [1.29, 1.82) is 0 Å². The first-order chi connectivity index (χ1) is 13.0. The molecular formula is C22H37IN4O. The predicted octanol–water partition coefficient (Wildman–Crippen LogP) is 3.95. The van der Waals surface area contributed by atoms with Gasteiger partial charge in [0.2, 0.25) is 0 Å². The van der Waals surface area contributed by atoms with E-state index in [0.717, 1.165) is 30.3 Å².